The monoisotopic (exact) mass is 264 g/mol. The maximum Gasteiger partial charge on any atom is 0.338 e. The first kappa shape index (κ1) is 14.5. The number of benzene rings is 1. The van der Waals surface area contributed by atoms with E-state index in [1.54, 1.807) is 6.92 Å². The Kier molecular flexibility index (Phi) is 5.35. The number of carboxylic acid groups (broad SMARTS) is 1. The van der Waals surface area contributed by atoms with Crippen LogP contribution < -0.4 is 10.6 Å². The number of hydrogen-bond acceptors (Lipinski definition) is 2. The number of carboxylic acids is 1. The molecule has 0 aliphatic carbocycles. The molecule has 0 unspecified atom stereocenters. The average Bonchev–Trinajstić information content (AvgIpc) is 2.36. The van der Waals surface area contributed by atoms with E-state index in [2.05, 4.69) is 22.5 Å². The molecule has 0 fully saturated rings. The normalized spacial score (nSPS) is 9.16. The van der Waals surface area contributed by atoms with Gasteiger partial charge in [-0.05, 0) is 25.1 Å². The molecule has 0 atom stereocenters. The minimum atomic E-state index is -1.39. The standard InChI is InChI=1S/C13H13FN2O3/c1-2-3-4-7-15-13(19)16-9-5-6-11(14)10(8-9)12(17)18/h5-6,8H,4,7H2,1H3,(H,17,18)(H2,15,16,19). The smallest absolute Gasteiger partial charge is 0.338 e. The molecule has 0 saturated heterocycles. The molecule has 0 spiro atoms. The Bertz CT molecular complexity index is 547. The van der Waals surface area contributed by atoms with Crippen LogP contribution in [0.3, 0.4) is 0 Å². The number of carbonyl (C=O) groups is 2. The van der Waals surface area contributed by atoms with Crippen molar-refractivity contribution in [1.29, 1.82) is 0 Å². The summed E-state index contributed by atoms with van der Waals surface area (Å²) >= 11 is 0. The van der Waals surface area contributed by atoms with Gasteiger partial charge in [-0.15, -0.1) is 11.8 Å². The van der Waals surface area contributed by atoms with Gasteiger partial charge in [0.05, 0.1) is 5.56 Å². The summed E-state index contributed by atoms with van der Waals surface area (Å²) in [6.07, 6.45) is 0.522. The number of anilines is 1. The van der Waals surface area contributed by atoms with Gasteiger partial charge in [-0.25, -0.2) is 14.0 Å². The van der Waals surface area contributed by atoms with E-state index in [4.69, 9.17) is 5.11 Å². The first-order valence-corrected chi connectivity index (χ1v) is 5.52. The van der Waals surface area contributed by atoms with Crippen LogP contribution in [0.1, 0.15) is 23.7 Å². The van der Waals surface area contributed by atoms with Gasteiger partial charge in [-0.3, -0.25) is 0 Å². The van der Waals surface area contributed by atoms with Crippen LogP contribution in [0.25, 0.3) is 0 Å². The van der Waals surface area contributed by atoms with Crippen LogP contribution in [-0.4, -0.2) is 23.7 Å². The van der Waals surface area contributed by atoms with Crippen LogP contribution in [0.15, 0.2) is 18.2 Å². The molecule has 1 aromatic rings. The number of carbonyl (C=O) groups excluding carboxylic acids is 1. The van der Waals surface area contributed by atoms with Crippen molar-refractivity contribution >= 4 is 17.7 Å². The predicted octanol–water partition coefficient (Wildman–Crippen LogP) is 2.06. The van der Waals surface area contributed by atoms with E-state index in [0.717, 1.165) is 12.1 Å². The molecule has 6 heteroatoms. The fourth-order valence-corrected chi connectivity index (χ4v) is 1.31. The highest BCUT2D eigenvalue weighted by molar-refractivity contribution is 5.93. The van der Waals surface area contributed by atoms with Crippen LogP contribution in [0, 0.1) is 17.7 Å². The summed E-state index contributed by atoms with van der Waals surface area (Å²) in [5, 5.41) is 13.7. The Labute approximate surface area is 109 Å². The summed E-state index contributed by atoms with van der Waals surface area (Å²) in [4.78, 5) is 22.2. The lowest BCUT2D eigenvalue weighted by atomic mass is 10.2. The first-order chi connectivity index (χ1) is 9.04. The molecule has 1 aromatic carbocycles. The van der Waals surface area contributed by atoms with Crippen molar-refractivity contribution in [3.63, 3.8) is 0 Å². The van der Waals surface area contributed by atoms with E-state index in [1.165, 1.54) is 6.07 Å². The maximum atomic E-state index is 13.1. The lowest BCUT2D eigenvalue weighted by molar-refractivity contribution is 0.0692. The molecule has 2 amide bonds. The summed E-state index contributed by atoms with van der Waals surface area (Å²) in [5.41, 5.74) is -0.285. The van der Waals surface area contributed by atoms with E-state index in [-0.39, 0.29) is 5.69 Å². The predicted molar refractivity (Wildman–Crippen MR) is 68.4 cm³/mol. The van der Waals surface area contributed by atoms with Crippen molar-refractivity contribution in [3.8, 4) is 11.8 Å². The van der Waals surface area contributed by atoms with E-state index >= 15 is 0 Å². The fourth-order valence-electron chi connectivity index (χ4n) is 1.31. The zero-order valence-corrected chi connectivity index (χ0v) is 10.3. The zero-order valence-electron chi connectivity index (χ0n) is 10.3. The number of aromatic carboxylic acids is 1. The molecular weight excluding hydrogens is 251 g/mol. The van der Waals surface area contributed by atoms with Crippen molar-refractivity contribution in [1.82, 2.24) is 5.32 Å². The van der Waals surface area contributed by atoms with Crippen molar-refractivity contribution in [3.05, 3.63) is 29.6 Å². The van der Waals surface area contributed by atoms with Gasteiger partial charge in [-0.2, -0.15) is 0 Å². The molecule has 19 heavy (non-hydrogen) atoms. The van der Waals surface area contributed by atoms with Crippen LogP contribution in [0.4, 0.5) is 14.9 Å². The Hall–Kier alpha value is -2.55. The second-order valence-electron chi connectivity index (χ2n) is 3.56. The number of urea groups is 1. The highest BCUT2D eigenvalue weighted by atomic mass is 19.1. The molecule has 0 heterocycles. The molecule has 0 aliphatic heterocycles. The summed E-state index contributed by atoms with van der Waals surface area (Å²) < 4.78 is 13.1. The number of hydrogen-bond donors (Lipinski definition) is 3. The largest absolute Gasteiger partial charge is 0.478 e. The van der Waals surface area contributed by atoms with E-state index in [9.17, 15) is 14.0 Å². The van der Waals surface area contributed by atoms with Gasteiger partial charge in [0.15, 0.2) is 0 Å². The first-order valence-electron chi connectivity index (χ1n) is 5.52. The highest BCUT2D eigenvalue weighted by Crippen LogP contribution is 2.14. The topological polar surface area (TPSA) is 78.4 Å². The second-order valence-corrected chi connectivity index (χ2v) is 3.56. The third-order valence-electron chi connectivity index (χ3n) is 2.17. The van der Waals surface area contributed by atoms with Crippen LogP contribution in [0.2, 0.25) is 0 Å². The van der Waals surface area contributed by atoms with Gasteiger partial charge in [-0.1, -0.05) is 0 Å². The molecule has 3 N–H and O–H groups in total. The zero-order chi connectivity index (χ0) is 14.3. The minimum absolute atomic E-state index is 0.206. The quantitative estimate of drug-likeness (QED) is 0.575. The lowest BCUT2D eigenvalue weighted by Gasteiger charge is -2.07. The summed E-state index contributed by atoms with van der Waals surface area (Å²) in [6, 6.07) is 2.83. The molecule has 0 bridgehead atoms. The van der Waals surface area contributed by atoms with Gasteiger partial charge in [0.2, 0.25) is 0 Å². The van der Waals surface area contributed by atoms with E-state index in [0.29, 0.717) is 13.0 Å². The SMILES string of the molecule is CC#CCCNC(=O)Nc1ccc(F)c(C(=O)O)c1. The second kappa shape index (κ2) is 7.01. The van der Waals surface area contributed by atoms with Crippen LogP contribution in [-0.2, 0) is 0 Å². The molecule has 5 nitrogen and oxygen atoms in total. The number of rotatable bonds is 4. The molecule has 100 valence electrons. The summed E-state index contributed by atoms with van der Waals surface area (Å²) in [7, 11) is 0. The van der Waals surface area contributed by atoms with E-state index < -0.39 is 23.4 Å². The molecule has 0 radical (unpaired) electrons. The van der Waals surface area contributed by atoms with Crippen LogP contribution in [0.5, 0.6) is 0 Å². The molecule has 0 aromatic heterocycles. The fraction of sp³-hybridized carbons (Fsp3) is 0.231. The van der Waals surface area contributed by atoms with Crippen molar-refractivity contribution in [2.45, 2.75) is 13.3 Å². The summed E-state index contributed by atoms with van der Waals surface area (Å²) in [5.74, 6) is 3.23. The number of halogens is 1. The van der Waals surface area contributed by atoms with Crippen LogP contribution >= 0.6 is 0 Å². The Morgan fingerprint density at radius 1 is 1.42 bits per heavy atom. The third kappa shape index (κ3) is 4.68. The third-order valence-corrected chi connectivity index (χ3v) is 2.17. The highest BCUT2D eigenvalue weighted by Gasteiger charge is 2.11. The molecular formula is C13H13FN2O3. The van der Waals surface area contributed by atoms with Crippen molar-refractivity contribution in [2.75, 3.05) is 11.9 Å². The Morgan fingerprint density at radius 2 is 2.16 bits per heavy atom. The average molecular weight is 264 g/mol. The van der Waals surface area contributed by atoms with Gasteiger partial charge in [0, 0.05) is 18.7 Å². The summed E-state index contributed by atoms with van der Waals surface area (Å²) in [6.45, 7) is 2.08. The van der Waals surface area contributed by atoms with Gasteiger partial charge in [0.25, 0.3) is 0 Å². The number of amides is 2. The number of nitrogens with one attached hydrogen (secondary N) is 2. The van der Waals surface area contributed by atoms with Crippen molar-refractivity contribution in [2.24, 2.45) is 0 Å². The maximum absolute atomic E-state index is 13.1. The van der Waals surface area contributed by atoms with E-state index in [1.807, 2.05) is 0 Å². The molecule has 1 rings (SSSR count). The van der Waals surface area contributed by atoms with Gasteiger partial charge in [0.1, 0.15) is 5.82 Å². The van der Waals surface area contributed by atoms with Crippen molar-refractivity contribution < 1.29 is 19.1 Å². The van der Waals surface area contributed by atoms with Gasteiger partial charge < -0.3 is 15.7 Å². The minimum Gasteiger partial charge on any atom is -0.478 e. The Balaban J connectivity index is 2.61. The van der Waals surface area contributed by atoms with Gasteiger partial charge >= 0.3 is 12.0 Å². The lowest BCUT2D eigenvalue weighted by Crippen LogP contribution is -2.29. The Morgan fingerprint density at radius 3 is 2.79 bits per heavy atom. The molecule has 0 aliphatic rings. The molecule has 0 saturated carbocycles.